The molecule has 0 aromatic carbocycles. The summed E-state index contributed by atoms with van der Waals surface area (Å²) in [5, 5.41) is 13.2. The second-order valence-corrected chi connectivity index (χ2v) is 7.98. The van der Waals surface area contributed by atoms with Crippen LogP contribution in [-0.4, -0.2) is 47.8 Å². The van der Waals surface area contributed by atoms with E-state index < -0.39 is 5.60 Å². The fourth-order valence-electron chi connectivity index (χ4n) is 4.01. The topological polar surface area (TPSA) is 49.8 Å². The van der Waals surface area contributed by atoms with E-state index in [1.165, 1.54) is 4.88 Å². The minimum atomic E-state index is -0.631. The zero-order valence-corrected chi connectivity index (χ0v) is 14.7. The Balaban J connectivity index is 1.53. The van der Waals surface area contributed by atoms with E-state index in [9.17, 15) is 9.90 Å². The molecule has 2 aliphatic rings. The summed E-state index contributed by atoms with van der Waals surface area (Å²) in [7, 11) is 0. The number of carbonyl (C=O) groups excluding carboxylic acids is 1. The van der Waals surface area contributed by atoms with Crippen LogP contribution < -0.4 is 0 Å². The van der Waals surface area contributed by atoms with Crippen molar-refractivity contribution in [2.75, 3.05) is 26.3 Å². The number of ether oxygens (including phenoxy) is 1. The Morgan fingerprint density at radius 1 is 1.48 bits per heavy atom. The lowest BCUT2D eigenvalue weighted by Gasteiger charge is -2.48. The molecule has 1 amide bonds. The molecule has 3 rings (SSSR count). The predicted octanol–water partition coefficient (Wildman–Crippen LogP) is 2.71. The van der Waals surface area contributed by atoms with Crippen molar-refractivity contribution in [1.29, 1.82) is 0 Å². The second-order valence-electron chi connectivity index (χ2n) is 6.95. The molecule has 0 radical (unpaired) electrons. The molecular weight excluding hydrogens is 310 g/mol. The van der Waals surface area contributed by atoms with Crippen LogP contribution in [0.5, 0.6) is 0 Å². The molecular formula is C18H27NO3S. The van der Waals surface area contributed by atoms with Gasteiger partial charge in [-0.25, -0.2) is 0 Å². The molecule has 1 N–H and O–H groups in total. The highest BCUT2D eigenvalue weighted by molar-refractivity contribution is 7.09. The van der Waals surface area contributed by atoms with Crippen LogP contribution in [0.15, 0.2) is 17.5 Å². The normalized spacial score (nSPS) is 29.7. The average molecular weight is 337 g/mol. The summed E-state index contributed by atoms with van der Waals surface area (Å²) < 4.78 is 5.42. The van der Waals surface area contributed by atoms with E-state index in [0.717, 1.165) is 32.5 Å². The lowest BCUT2D eigenvalue weighted by atomic mass is 9.70. The van der Waals surface area contributed by atoms with Gasteiger partial charge in [0, 0.05) is 43.5 Å². The van der Waals surface area contributed by atoms with Crippen molar-refractivity contribution in [2.45, 2.75) is 44.6 Å². The van der Waals surface area contributed by atoms with Gasteiger partial charge in [0.15, 0.2) is 0 Å². The van der Waals surface area contributed by atoms with Crippen molar-refractivity contribution in [3.05, 3.63) is 22.4 Å². The van der Waals surface area contributed by atoms with E-state index in [1.54, 1.807) is 11.3 Å². The van der Waals surface area contributed by atoms with Crippen molar-refractivity contribution in [3.8, 4) is 0 Å². The number of nitrogens with zero attached hydrogens (tertiary/aromatic N) is 1. The Bertz CT molecular complexity index is 512. The van der Waals surface area contributed by atoms with Crippen molar-refractivity contribution in [3.63, 3.8) is 0 Å². The lowest BCUT2D eigenvalue weighted by molar-refractivity contribution is -0.151. The molecule has 2 aliphatic heterocycles. The average Bonchev–Trinajstić information content (AvgIpc) is 3.09. The van der Waals surface area contributed by atoms with Gasteiger partial charge in [0.2, 0.25) is 5.91 Å². The van der Waals surface area contributed by atoms with E-state index in [4.69, 9.17) is 4.74 Å². The van der Waals surface area contributed by atoms with Crippen LogP contribution in [-0.2, 0) is 16.0 Å². The molecule has 0 aliphatic carbocycles. The molecule has 2 saturated heterocycles. The van der Waals surface area contributed by atoms with Crippen molar-refractivity contribution in [2.24, 2.45) is 11.8 Å². The third-order valence-electron chi connectivity index (χ3n) is 5.58. The predicted molar refractivity (Wildman–Crippen MR) is 91.5 cm³/mol. The van der Waals surface area contributed by atoms with Crippen LogP contribution in [0.1, 0.15) is 37.5 Å². The zero-order chi connectivity index (χ0) is 16.3. The van der Waals surface area contributed by atoms with Crippen LogP contribution in [0.2, 0.25) is 0 Å². The number of aryl methyl sites for hydroxylation is 1. The zero-order valence-electron chi connectivity index (χ0n) is 13.9. The van der Waals surface area contributed by atoms with Gasteiger partial charge in [-0.15, -0.1) is 11.3 Å². The highest BCUT2D eigenvalue weighted by atomic mass is 32.1. The standard InChI is InChI=1S/C18H27NO3S/c1-14-13-19(17(20)5-4-16-3-2-12-23-16)9-8-18(14,21)15-6-10-22-11-7-15/h2-3,12,14-15,21H,4-11,13H2,1H3/t14-,18+/m1/s1. The first-order chi connectivity index (χ1) is 11.1. The number of hydrogen-bond donors (Lipinski definition) is 1. The van der Waals surface area contributed by atoms with Crippen LogP contribution in [0.25, 0.3) is 0 Å². The number of rotatable bonds is 4. The highest BCUT2D eigenvalue weighted by Crippen LogP contribution is 2.39. The minimum Gasteiger partial charge on any atom is -0.389 e. The number of amides is 1. The van der Waals surface area contributed by atoms with Gasteiger partial charge < -0.3 is 14.7 Å². The largest absolute Gasteiger partial charge is 0.389 e. The van der Waals surface area contributed by atoms with E-state index >= 15 is 0 Å². The van der Waals surface area contributed by atoms with Gasteiger partial charge >= 0.3 is 0 Å². The number of carbonyl (C=O) groups is 1. The smallest absolute Gasteiger partial charge is 0.222 e. The molecule has 0 spiro atoms. The molecule has 0 bridgehead atoms. The fourth-order valence-corrected chi connectivity index (χ4v) is 4.72. The van der Waals surface area contributed by atoms with Gasteiger partial charge in [-0.3, -0.25) is 4.79 Å². The first-order valence-corrected chi connectivity index (χ1v) is 9.58. The quantitative estimate of drug-likeness (QED) is 0.919. The lowest BCUT2D eigenvalue weighted by Crippen LogP contribution is -2.56. The van der Waals surface area contributed by atoms with E-state index in [2.05, 4.69) is 18.4 Å². The van der Waals surface area contributed by atoms with Crippen molar-refractivity contribution in [1.82, 2.24) is 4.90 Å². The van der Waals surface area contributed by atoms with Gasteiger partial charge in [-0.1, -0.05) is 13.0 Å². The number of hydrogen-bond acceptors (Lipinski definition) is 4. The molecule has 128 valence electrons. The molecule has 2 fully saturated rings. The second kappa shape index (κ2) is 7.32. The molecule has 23 heavy (non-hydrogen) atoms. The van der Waals surface area contributed by atoms with Crippen LogP contribution in [0, 0.1) is 11.8 Å². The molecule has 2 atom stereocenters. The number of likely N-dealkylation sites (tertiary alicyclic amines) is 1. The van der Waals surface area contributed by atoms with Crippen LogP contribution >= 0.6 is 11.3 Å². The number of thiophene rings is 1. The summed E-state index contributed by atoms with van der Waals surface area (Å²) in [4.78, 5) is 15.7. The molecule has 3 heterocycles. The Labute approximate surface area is 142 Å². The molecule has 0 saturated carbocycles. The number of piperidine rings is 1. The van der Waals surface area contributed by atoms with Gasteiger partial charge in [-0.2, -0.15) is 0 Å². The first-order valence-electron chi connectivity index (χ1n) is 8.70. The summed E-state index contributed by atoms with van der Waals surface area (Å²) in [6, 6.07) is 4.11. The minimum absolute atomic E-state index is 0.130. The van der Waals surface area contributed by atoms with Gasteiger partial charge in [0.1, 0.15) is 0 Å². The van der Waals surface area contributed by atoms with Gasteiger partial charge in [-0.05, 0) is 43.0 Å². The van der Waals surface area contributed by atoms with Gasteiger partial charge in [0.05, 0.1) is 5.60 Å². The Morgan fingerprint density at radius 3 is 2.91 bits per heavy atom. The number of aliphatic hydroxyl groups is 1. The maximum Gasteiger partial charge on any atom is 0.222 e. The third-order valence-corrected chi connectivity index (χ3v) is 6.51. The van der Waals surface area contributed by atoms with E-state index in [0.29, 0.717) is 31.8 Å². The first kappa shape index (κ1) is 16.9. The molecule has 5 heteroatoms. The Morgan fingerprint density at radius 2 is 2.26 bits per heavy atom. The molecule has 0 unspecified atom stereocenters. The van der Waals surface area contributed by atoms with E-state index in [-0.39, 0.29) is 11.8 Å². The Hall–Kier alpha value is -0.910. The summed E-state index contributed by atoms with van der Waals surface area (Å²) >= 11 is 1.71. The van der Waals surface area contributed by atoms with Crippen LogP contribution in [0.4, 0.5) is 0 Å². The molecule has 4 nitrogen and oxygen atoms in total. The van der Waals surface area contributed by atoms with Gasteiger partial charge in [0.25, 0.3) is 0 Å². The molecule has 1 aromatic rings. The van der Waals surface area contributed by atoms with Crippen molar-refractivity contribution >= 4 is 17.2 Å². The van der Waals surface area contributed by atoms with E-state index in [1.807, 2.05) is 11.0 Å². The summed E-state index contributed by atoms with van der Waals surface area (Å²) in [6.07, 6.45) is 3.97. The SMILES string of the molecule is C[C@@H]1CN(C(=O)CCc2cccs2)CC[C@@]1(O)C1CCOCC1. The van der Waals surface area contributed by atoms with Crippen molar-refractivity contribution < 1.29 is 14.6 Å². The Kier molecular flexibility index (Phi) is 5.39. The maximum atomic E-state index is 12.5. The summed E-state index contributed by atoms with van der Waals surface area (Å²) in [5.74, 6) is 0.666. The maximum absolute atomic E-state index is 12.5. The summed E-state index contributed by atoms with van der Waals surface area (Å²) in [5.41, 5.74) is -0.631. The third kappa shape index (κ3) is 3.78. The fraction of sp³-hybridized carbons (Fsp3) is 0.722. The van der Waals surface area contributed by atoms with Crippen LogP contribution in [0.3, 0.4) is 0 Å². The summed E-state index contributed by atoms with van der Waals surface area (Å²) in [6.45, 7) is 4.96. The highest BCUT2D eigenvalue weighted by Gasteiger charge is 2.45. The molecule has 1 aromatic heterocycles. The monoisotopic (exact) mass is 337 g/mol.